The lowest BCUT2D eigenvalue weighted by molar-refractivity contribution is -0.137. The molecule has 244 valence electrons. The summed E-state index contributed by atoms with van der Waals surface area (Å²) in [5.74, 6) is -2.48. The first-order valence-electron chi connectivity index (χ1n) is 15.5. The highest BCUT2D eigenvalue weighted by atomic mass is 16.7. The third-order valence-electron chi connectivity index (χ3n) is 8.34. The number of hydrogen-bond donors (Lipinski definition) is 2. The van der Waals surface area contributed by atoms with Gasteiger partial charge in [0, 0.05) is 50.2 Å². The number of carbonyl (C=O) groups excluding carboxylic acids is 5. The fourth-order valence-corrected chi connectivity index (χ4v) is 6.10. The van der Waals surface area contributed by atoms with Crippen LogP contribution in [0.4, 0.5) is 5.69 Å². The molecule has 2 N–H and O–H groups in total. The normalized spacial score (nSPS) is 18.6. The molecule has 6 rings (SSSR count). The molecule has 3 aliphatic heterocycles. The van der Waals surface area contributed by atoms with Crippen molar-refractivity contribution >= 4 is 35.2 Å². The topological polar surface area (TPSA) is 160 Å². The molecule has 0 spiro atoms. The Morgan fingerprint density at radius 3 is 2.64 bits per heavy atom. The van der Waals surface area contributed by atoms with Gasteiger partial charge in [-0.2, -0.15) is 10.2 Å². The third kappa shape index (κ3) is 6.00. The van der Waals surface area contributed by atoms with Crippen LogP contribution in [0.15, 0.2) is 48.7 Å². The highest BCUT2D eigenvalue weighted by molar-refractivity contribution is 6.12. The van der Waals surface area contributed by atoms with E-state index in [9.17, 15) is 24.0 Å². The van der Waals surface area contributed by atoms with Crippen LogP contribution in [0.5, 0.6) is 11.5 Å². The molecule has 2 atom stereocenters. The summed E-state index contributed by atoms with van der Waals surface area (Å²) >= 11 is 0. The molecule has 0 bridgehead atoms. The number of carbonyl (C=O) groups is 5. The summed E-state index contributed by atoms with van der Waals surface area (Å²) in [6, 6.07) is 9.60. The fourth-order valence-electron chi connectivity index (χ4n) is 6.10. The minimum Gasteiger partial charge on any atom is -0.449 e. The molecule has 4 heterocycles. The van der Waals surface area contributed by atoms with Crippen LogP contribution in [0.1, 0.15) is 84.1 Å². The van der Waals surface area contributed by atoms with Crippen molar-refractivity contribution in [2.24, 2.45) is 5.92 Å². The second kappa shape index (κ2) is 12.1. The SMILES string of the molecule is Cc1nnccc1C(=O)N(c1ccc2c(c1)C(=O)N(C1CCC(=O)NC1=O)C2)C(C(=O)NCC(C)C)c1cccc2c1OC(C)(C)O2. The van der Waals surface area contributed by atoms with Crippen LogP contribution in [0.2, 0.25) is 0 Å². The minimum atomic E-state index is -1.26. The summed E-state index contributed by atoms with van der Waals surface area (Å²) in [4.78, 5) is 69.9. The summed E-state index contributed by atoms with van der Waals surface area (Å²) in [7, 11) is 0. The molecule has 1 saturated heterocycles. The van der Waals surface area contributed by atoms with Gasteiger partial charge in [0.1, 0.15) is 12.1 Å². The Bertz CT molecular complexity index is 1810. The molecule has 1 fully saturated rings. The Hall–Kier alpha value is -5.33. The molecular formula is C34H36N6O7. The first-order valence-corrected chi connectivity index (χ1v) is 15.5. The van der Waals surface area contributed by atoms with Gasteiger partial charge in [-0.1, -0.05) is 32.0 Å². The number of anilines is 1. The lowest BCUT2D eigenvalue weighted by Crippen LogP contribution is -2.52. The van der Waals surface area contributed by atoms with Gasteiger partial charge in [-0.15, -0.1) is 0 Å². The van der Waals surface area contributed by atoms with Gasteiger partial charge in [-0.25, -0.2) is 0 Å². The summed E-state index contributed by atoms with van der Waals surface area (Å²) in [6.07, 6.45) is 1.74. The number of para-hydroxylation sites is 1. The van der Waals surface area contributed by atoms with Crippen molar-refractivity contribution in [3.05, 3.63) is 76.6 Å². The van der Waals surface area contributed by atoms with E-state index >= 15 is 0 Å². The molecule has 2 unspecified atom stereocenters. The number of ether oxygens (including phenoxy) is 2. The Morgan fingerprint density at radius 2 is 1.91 bits per heavy atom. The minimum absolute atomic E-state index is 0.117. The summed E-state index contributed by atoms with van der Waals surface area (Å²) in [5.41, 5.74) is 2.16. The molecule has 47 heavy (non-hydrogen) atoms. The Balaban J connectivity index is 1.48. The van der Waals surface area contributed by atoms with E-state index in [1.807, 2.05) is 13.8 Å². The number of rotatable bonds is 8. The summed E-state index contributed by atoms with van der Waals surface area (Å²) in [6.45, 7) is 9.58. The van der Waals surface area contributed by atoms with Gasteiger partial charge in [0.25, 0.3) is 11.8 Å². The van der Waals surface area contributed by atoms with Gasteiger partial charge < -0.3 is 19.7 Å². The van der Waals surface area contributed by atoms with E-state index in [2.05, 4.69) is 20.8 Å². The van der Waals surface area contributed by atoms with Crippen molar-refractivity contribution in [1.29, 1.82) is 0 Å². The molecule has 3 aromatic rings. The van der Waals surface area contributed by atoms with E-state index in [1.54, 1.807) is 57.2 Å². The number of aromatic nitrogens is 2. The molecule has 5 amide bonds. The van der Waals surface area contributed by atoms with Gasteiger partial charge in [-0.3, -0.25) is 34.2 Å². The van der Waals surface area contributed by atoms with E-state index < -0.39 is 41.5 Å². The Kier molecular flexibility index (Phi) is 8.16. The number of benzene rings is 2. The van der Waals surface area contributed by atoms with Crippen LogP contribution in [0.25, 0.3) is 0 Å². The van der Waals surface area contributed by atoms with E-state index in [4.69, 9.17) is 9.47 Å². The number of amides is 5. The van der Waals surface area contributed by atoms with Crippen LogP contribution in [0, 0.1) is 12.8 Å². The van der Waals surface area contributed by atoms with Crippen LogP contribution in [0.3, 0.4) is 0 Å². The first kappa shape index (κ1) is 31.6. The lowest BCUT2D eigenvalue weighted by atomic mass is 9.98. The van der Waals surface area contributed by atoms with Gasteiger partial charge in [0.05, 0.1) is 17.5 Å². The van der Waals surface area contributed by atoms with Crippen molar-refractivity contribution in [1.82, 2.24) is 25.7 Å². The van der Waals surface area contributed by atoms with Gasteiger partial charge in [0.2, 0.25) is 23.5 Å². The van der Waals surface area contributed by atoms with E-state index in [1.165, 1.54) is 22.1 Å². The average molecular weight is 641 g/mol. The molecule has 3 aliphatic rings. The molecule has 13 nitrogen and oxygen atoms in total. The number of nitrogens with zero attached hydrogens (tertiary/aromatic N) is 4. The van der Waals surface area contributed by atoms with Gasteiger partial charge in [0.15, 0.2) is 11.5 Å². The van der Waals surface area contributed by atoms with Gasteiger partial charge in [-0.05, 0) is 49.1 Å². The second-order valence-electron chi connectivity index (χ2n) is 12.8. The second-order valence-corrected chi connectivity index (χ2v) is 12.8. The number of hydrogen-bond acceptors (Lipinski definition) is 9. The maximum absolute atomic E-state index is 14.6. The quantitative estimate of drug-likeness (QED) is 0.353. The smallest absolute Gasteiger partial charge is 0.261 e. The molecular weight excluding hydrogens is 604 g/mol. The van der Waals surface area contributed by atoms with Crippen LogP contribution >= 0.6 is 0 Å². The van der Waals surface area contributed by atoms with Crippen molar-refractivity contribution in [2.75, 3.05) is 11.4 Å². The fraction of sp³-hybridized carbons (Fsp3) is 0.382. The Morgan fingerprint density at radius 1 is 1.13 bits per heavy atom. The highest BCUT2D eigenvalue weighted by Gasteiger charge is 2.43. The standard InChI is InChI=1S/C34H36N6O7/c1-18(2)16-35-31(43)28(23-7-6-8-26-29(23)47-34(4,5)46-26)40(33(45)22-13-14-36-38-19(22)3)21-10-9-20-17-39(32(44)24(20)15-21)25-11-12-27(41)37-30(25)42/h6-10,13-15,18,25,28H,11-12,16-17H2,1-5H3,(H,35,43)(H,37,41,42). The predicted octanol–water partition coefficient (Wildman–Crippen LogP) is 3.21. The molecule has 0 saturated carbocycles. The van der Waals surface area contributed by atoms with Crippen LogP contribution in [-0.4, -0.2) is 63.0 Å². The maximum atomic E-state index is 14.6. The van der Waals surface area contributed by atoms with Crippen LogP contribution < -0.4 is 25.0 Å². The number of imide groups is 1. The number of nitrogens with one attached hydrogen (secondary N) is 2. The molecule has 1 aromatic heterocycles. The largest absolute Gasteiger partial charge is 0.449 e. The molecule has 2 aromatic carbocycles. The molecule has 0 aliphatic carbocycles. The molecule has 13 heteroatoms. The number of fused-ring (bicyclic) bond motifs is 2. The zero-order chi connectivity index (χ0) is 33.6. The average Bonchev–Trinajstić information content (AvgIpc) is 3.52. The van der Waals surface area contributed by atoms with E-state index in [0.717, 1.165) is 0 Å². The predicted molar refractivity (Wildman–Crippen MR) is 168 cm³/mol. The number of piperidine rings is 1. The van der Waals surface area contributed by atoms with Crippen molar-refractivity contribution in [2.45, 2.75) is 71.9 Å². The first-order chi connectivity index (χ1) is 22.3. The van der Waals surface area contributed by atoms with E-state index in [0.29, 0.717) is 34.9 Å². The third-order valence-corrected chi connectivity index (χ3v) is 8.34. The van der Waals surface area contributed by atoms with E-state index in [-0.39, 0.29) is 48.0 Å². The molecule has 0 radical (unpaired) electrons. The summed E-state index contributed by atoms with van der Waals surface area (Å²) in [5, 5.41) is 13.2. The van der Waals surface area contributed by atoms with Gasteiger partial charge >= 0.3 is 0 Å². The maximum Gasteiger partial charge on any atom is 0.261 e. The Labute approximate surface area is 271 Å². The lowest BCUT2D eigenvalue weighted by Gasteiger charge is -2.33. The zero-order valence-corrected chi connectivity index (χ0v) is 26.8. The van der Waals surface area contributed by atoms with Crippen molar-refractivity contribution < 1.29 is 33.4 Å². The highest BCUT2D eigenvalue weighted by Crippen LogP contribution is 2.46. The van der Waals surface area contributed by atoms with Crippen molar-refractivity contribution in [3.63, 3.8) is 0 Å². The van der Waals surface area contributed by atoms with Crippen molar-refractivity contribution in [3.8, 4) is 11.5 Å². The monoisotopic (exact) mass is 640 g/mol. The summed E-state index contributed by atoms with van der Waals surface area (Å²) < 4.78 is 12.2. The zero-order valence-electron chi connectivity index (χ0n) is 26.8. The van der Waals surface area contributed by atoms with Crippen LogP contribution in [-0.2, 0) is 20.9 Å². The number of aryl methyl sites for hydroxylation is 1.